The molecule has 0 bridgehead atoms. The van der Waals surface area contributed by atoms with E-state index in [1.165, 1.54) is 0 Å². The Morgan fingerprint density at radius 3 is 2.22 bits per heavy atom. The molecule has 0 radical (unpaired) electrons. The van der Waals surface area contributed by atoms with Crippen LogP contribution in [0.15, 0.2) is 53.4 Å². The van der Waals surface area contributed by atoms with Crippen LogP contribution in [0.1, 0.15) is 24.0 Å². The highest BCUT2D eigenvalue weighted by atomic mass is 35.5. The third kappa shape index (κ3) is 4.84. The van der Waals surface area contributed by atoms with Crippen LogP contribution in [0, 0.1) is 0 Å². The summed E-state index contributed by atoms with van der Waals surface area (Å²) in [5.74, 6) is 0.653. The third-order valence-electron chi connectivity index (χ3n) is 4.15. The smallest absolute Gasteiger partial charge is 0.446 e. The lowest BCUT2D eigenvalue weighted by Gasteiger charge is -2.23. The zero-order valence-corrected chi connectivity index (χ0v) is 16.6. The fourth-order valence-corrected chi connectivity index (χ4v) is 4.13. The first-order valence-electron chi connectivity index (χ1n) is 8.08. The first-order chi connectivity index (χ1) is 12.8. The molecule has 142 valence electrons. The van der Waals surface area contributed by atoms with Crippen molar-refractivity contribution >= 4 is 46.1 Å². The maximum absolute atomic E-state index is 13.3. The van der Waals surface area contributed by atoms with Crippen molar-refractivity contribution in [3.8, 4) is 5.75 Å². The van der Waals surface area contributed by atoms with Crippen LogP contribution in [0.4, 0.5) is 13.2 Å². The summed E-state index contributed by atoms with van der Waals surface area (Å²) < 4.78 is 45.1. The van der Waals surface area contributed by atoms with Gasteiger partial charge in [0.25, 0.3) is 0 Å². The second-order valence-electron chi connectivity index (χ2n) is 5.87. The second kappa shape index (κ2) is 8.21. The van der Waals surface area contributed by atoms with Gasteiger partial charge in [0.05, 0.1) is 17.2 Å². The van der Waals surface area contributed by atoms with E-state index >= 15 is 0 Å². The van der Waals surface area contributed by atoms with E-state index in [4.69, 9.17) is 27.9 Å². The number of thioether (sulfide) groups is 1. The normalized spacial score (nSPS) is 15.0. The van der Waals surface area contributed by atoms with Crippen LogP contribution < -0.4 is 4.74 Å². The second-order valence-corrected chi connectivity index (χ2v) is 7.76. The summed E-state index contributed by atoms with van der Waals surface area (Å²) in [5.41, 5.74) is -1.87. The molecule has 0 aliphatic heterocycles. The predicted molar refractivity (Wildman–Crippen MR) is 107 cm³/mol. The average Bonchev–Trinajstić information content (AvgIpc) is 2.63. The lowest BCUT2D eigenvalue weighted by molar-refractivity contribution is -0.0321. The molecule has 2 aromatic carbocycles. The number of ether oxygens (including phenoxy) is 1. The quantitative estimate of drug-likeness (QED) is 0.488. The summed E-state index contributed by atoms with van der Waals surface area (Å²) in [6, 6.07) is 11.9. The summed E-state index contributed by atoms with van der Waals surface area (Å²) in [7, 11) is 1.55. The highest BCUT2D eigenvalue weighted by Crippen LogP contribution is 2.49. The minimum absolute atomic E-state index is 0.0924. The Bertz CT molecular complexity index is 902. The number of alkyl halides is 3. The largest absolute Gasteiger partial charge is 0.497 e. The summed E-state index contributed by atoms with van der Waals surface area (Å²) in [4.78, 5) is 0.192. The van der Waals surface area contributed by atoms with E-state index in [0.29, 0.717) is 45.3 Å². The van der Waals surface area contributed by atoms with Gasteiger partial charge in [0.15, 0.2) is 0 Å². The maximum Gasteiger partial charge on any atom is 0.446 e. The van der Waals surface area contributed by atoms with Gasteiger partial charge >= 0.3 is 5.51 Å². The van der Waals surface area contributed by atoms with Gasteiger partial charge in [0, 0.05) is 4.91 Å². The molecule has 0 unspecified atom stereocenters. The van der Waals surface area contributed by atoms with Crippen LogP contribution in [0.3, 0.4) is 0 Å². The lowest BCUT2D eigenvalue weighted by atomic mass is 9.90. The van der Waals surface area contributed by atoms with Crippen molar-refractivity contribution in [2.75, 3.05) is 7.11 Å². The van der Waals surface area contributed by atoms with Crippen LogP contribution in [0.2, 0.25) is 10.0 Å². The Labute approximate surface area is 169 Å². The number of allylic oxidation sites excluding steroid dienone is 3. The summed E-state index contributed by atoms with van der Waals surface area (Å²) in [6.07, 6.45) is 2.98. The summed E-state index contributed by atoms with van der Waals surface area (Å²) >= 11 is 11.9. The molecule has 0 spiro atoms. The van der Waals surface area contributed by atoms with Crippen LogP contribution in [0.5, 0.6) is 5.75 Å². The summed E-state index contributed by atoms with van der Waals surface area (Å²) in [6.45, 7) is 0. The molecule has 0 saturated heterocycles. The van der Waals surface area contributed by atoms with Gasteiger partial charge in [-0.3, -0.25) is 0 Å². The van der Waals surface area contributed by atoms with Crippen molar-refractivity contribution in [2.45, 2.75) is 18.3 Å². The van der Waals surface area contributed by atoms with Crippen molar-refractivity contribution in [2.24, 2.45) is 0 Å². The average molecular weight is 431 g/mol. The van der Waals surface area contributed by atoms with Crippen LogP contribution in [-0.2, 0) is 0 Å². The highest BCUT2D eigenvalue weighted by Gasteiger charge is 2.34. The Hall–Kier alpha value is -1.56. The lowest BCUT2D eigenvalue weighted by Crippen LogP contribution is -2.06. The van der Waals surface area contributed by atoms with Gasteiger partial charge in [-0.05, 0) is 71.1 Å². The van der Waals surface area contributed by atoms with Crippen molar-refractivity contribution in [3.63, 3.8) is 0 Å². The predicted octanol–water partition coefficient (Wildman–Crippen LogP) is 7.84. The SMILES string of the molecule is COc1ccc(C2=C(SC(F)(F)F)C(c3ccc(Cl)c(Cl)c3)=CCC2)cc1. The molecule has 0 fully saturated rings. The van der Waals surface area contributed by atoms with E-state index in [0.717, 1.165) is 5.56 Å². The van der Waals surface area contributed by atoms with Crippen molar-refractivity contribution in [1.82, 2.24) is 0 Å². The van der Waals surface area contributed by atoms with Gasteiger partial charge in [0.1, 0.15) is 5.75 Å². The van der Waals surface area contributed by atoms with E-state index in [2.05, 4.69) is 0 Å². The number of benzene rings is 2. The molecule has 0 N–H and O–H groups in total. The standard InChI is InChI=1S/C20H15Cl2F3OS/c1-26-14-8-5-12(6-9-14)15-3-2-4-16(19(15)27-20(23,24)25)13-7-10-17(21)18(22)11-13/h4-11H,2-3H2,1H3. The van der Waals surface area contributed by atoms with Crippen molar-refractivity contribution in [3.05, 3.63) is 74.6 Å². The molecule has 7 heteroatoms. The Morgan fingerprint density at radius 2 is 1.63 bits per heavy atom. The molecule has 27 heavy (non-hydrogen) atoms. The molecule has 0 saturated carbocycles. The number of hydrogen-bond donors (Lipinski definition) is 0. The molecular formula is C20H15Cl2F3OS. The Morgan fingerprint density at radius 1 is 0.963 bits per heavy atom. The topological polar surface area (TPSA) is 9.23 Å². The van der Waals surface area contributed by atoms with E-state index in [1.54, 1.807) is 49.6 Å². The Kier molecular flexibility index (Phi) is 6.14. The third-order valence-corrected chi connectivity index (χ3v) is 5.79. The molecule has 0 atom stereocenters. The molecule has 0 amide bonds. The number of rotatable bonds is 4. The monoisotopic (exact) mass is 430 g/mol. The number of hydrogen-bond acceptors (Lipinski definition) is 2. The van der Waals surface area contributed by atoms with E-state index < -0.39 is 5.51 Å². The first-order valence-corrected chi connectivity index (χ1v) is 9.65. The number of halogens is 5. The van der Waals surface area contributed by atoms with Gasteiger partial charge < -0.3 is 4.74 Å². The number of methoxy groups -OCH3 is 1. The fraction of sp³-hybridized carbons (Fsp3) is 0.200. The van der Waals surface area contributed by atoms with E-state index in [-0.39, 0.29) is 16.7 Å². The van der Waals surface area contributed by atoms with Gasteiger partial charge in [-0.2, -0.15) is 13.2 Å². The Balaban J connectivity index is 2.12. The molecule has 1 aliphatic rings. The molecule has 0 aromatic heterocycles. The van der Waals surface area contributed by atoms with Crippen molar-refractivity contribution in [1.29, 1.82) is 0 Å². The molecular weight excluding hydrogens is 416 g/mol. The molecule has 0 heterocycles. The van der Waals surface area contributed by atoms with Gasteiger partial charge in [-0.25, -0.2) is 0 Å². The zero-order chi connectivity index (χ0) is 19.6. The molecule has 1 nitrogen and oxygen atoms in total. The fourth-order valence-electron chi connectivity index (χ4n) is 2.94. The van der Waals surface area contributed by atoms with Crippen LogP contribution in [0.25, 0.3) is 11.1 Å². The molecule has 2 aromatic rings. The van der Waals surface area contributed by atoms with Gasteiger partial charge in [-0.1, -0.05) is 47.5 Å². The minimum Gasteiger partial charge on any atom is -0.497 e. The van der Waals surface area contributed by atoms with Crippen LogP contribution >= 0.6 is 35.0 Å². The summed E-state index contributed by atoms with van der Waals surface area (Å²) in [5, 5.41) is 0.671. The molecule has 1 aliphatic carbocycles. The van der Waals surface area contributed by atoms with Crippen molar-refractivity contribution < 1.29 is 17.9 Å². The maximum atomic E-state index is 13.3. The zero-order valence-electron chi connectivity index (χ0n) is 14.2. The van der Waals surface area contributed by atoms with Gasteiger partial charge in [-0.15, -0.1) is 0 Å². The first kappa shape index (κ1) is 20.2. The van der Waals surface area contributed by atoms with Crippen LogP contribution in [-0.4, -0.2) is 12.6 Å². The van der Waals surface area contributed by atoms with Gasteiger partial charge in [0.2, 0.25) is 0 Å². The molecule has 3 rings (SSSR count). The van der Waals surface area contributed by atoms with E-state index in [9.17, 15) is 13.2 Å². The van der Waals surface area contributed by atoms with E-state index in [1.807, 2.05) is 6.08 Å². The minimum atomic E-state index is -4.40. The highest BCUT2D eigenvalue weighted by molar-refractivity contribution is 8.04.